The lowest BCUT2D eigenvalue weighted by Crippen LogP contribution is -2.43. The Morgan fingerprint density at radius 3 is 3.13 bits per heavy atom. The largest absolute Gasteiger partial charge is 0.508 e. The van der Waals surface area contributed by atoms with Crippen molar-refractivity contribution in [3.63, 3.8) is 0 Å². The van der Waals surface area contributed by atoms with Gasteiger partial charge < -0.3 is 15.2 Å². The zero-order valence-corrected chi connectivity index (χ0v) is 8.62. The molecular weight excluding hydrogens is 190 g/mol. The molecule has 0 radical (unpaired) electrons. The number of aromatic hydroxyl groups is 1. The molecule has 2 aliphatic rings. The topological polar surface area (TPSA) is 41.5 Å². The summed E-state index contributed by atoms with van der Waals surface area (Å²) in [6.45, 7) is 2.50. The summed E-state index contributed by atoms with van der Waals surface area (Å²) in [5.74, 6) is 0.383. The summed E-state index contributed by atoms with van der Waals surface area (Å²) in [5, 5.41) is 13.3. The first-order valence-electron chi connectivity index (χ1n) is 5.48. The number of ether oxygens (including phenoxy) is 1. The van der Waals surface area contributed by atoms with Gasteiger partial charge in [0.2, 0.25) is 0 Å². The third-order valence-corrected chi connectivity index (χ3v) is 3.43. The van der Waals surface area contributed by atoms with Crippen LogP contribution in [0.15, 0.2) is 18.2 Å². The van der Waals surface area contributed by atoms with E-state index in [4.69, 9.17) is 4.74 Å². The zero-order valence-electron chi connectivity index (χ0n) is 8.62. The molecular formula is C12H15NO2. The molecule has 0 amide bonds. The van der Waals surface area contributed by atoms with Crippen molar-refractivity contribution < 1.29 is 9.84 Å². The maximum atomic E-state index is 9.94. The van der Waals surface area contributed by atoms with Crippen molar-refractivity contribution in [3.05, 3.63) is 29.3 Å². The van der Waals surface area contributed by atoms with Crippen molar-refractivity contribution in [1.29, 1.82) is 0 Å². The van der Waals surface area contributed by atoms with E-state index in [0.29, 0.717) is 12.4 Å². The van der Waals surface area contributed by atoms with Gasteiger partial charge in [-0.1, -0.05) is 12.1 Å². The van der Waals surface area contributed by atoms with Gasteiger partial charge in [-0.2, -0.15) is 0 Å². The Balaban J connectivity index is 2.09. The number of piperidine rings is 1. The highest BCUT2D eigenvalue weighted by atomic mass is 16.5. The molecule has 0 saturated carbocycles. The summed E-state index contributed by atoms with van der Waals surface area (Å²) >= 11 is 0. The summed E-state index contributed by atoms with van der Waals surface area (Å²) in [6, 6.07) is 5.68. The number of nitrogens with one attached hydrogen (secondary N) is 1. The lowest BCUT2D eigenvalue weighted by Gasteiger charge is -2.34. The van der Waals surface area contributed by atoms with Crippen LogP contribution in [-0.2, 0) is 16.9 Å². The molecule has 0 aromatic heterocycles. The van der Waals surface area contributed by atoms with Gasteiger partial charge in [-0.25, -0.2) is 0 Å². The molecule has 1 saturated heterocycles. The highest BCUT2D eigenvalue weighted by Crippen LogP contribution is 2.45. The highest BCUT2D eigenvalue weighted by molar-refractivity contribution is 5.46. The van der Waals surface area contributed by atoms with E-state index in [1.54, 1.807) is 6.07 Å². The van der Waals surface area contributed by atoms with Crippen LogP contribution >= 0.6 is 0 Å². The van der Waals surface area contributed by atoms with Crippen LogP contribution in [0, 0.1) is 0 Å². The van der Waals surface area contributed by atoms with Crippen LogP contribution in [0.5, 0.6) is 5.75 Å². The normalized spacial score (nSPS) is 29.3. The van der Waals surface area contributed by atoms with Crippen LogP contribution in [0.3, 0.4) is 0 Å². The van der Waals surface area contributed by atoms with Crippen molar-refractivity contribution in [2.24, 2.45) is 0 Å². The van der Waals surface area contributed by atoms with Crippen LogP contribution in [-0.4, -0.2) is 18.2 Å². The summed E-state index contributed by atoms with van der Waals surface area (Å²) in [4.78, 5) is 0. The number of benzene rings is 1. The standard InChI is InChI=1S/C12H15NO2/c14-10-4-1-3-9-7-15-12(11(9)10)5-2-6-13-8-12/h1,3-4,13-14H,2,5-8H2. The lowest BCUT2D eigenvalue weighted by molar-refractivity contribution is -0.0545. The van der Waals surface area contributed by atoms with E-state index >= 15 is 0 Å². The maximum absolute atomic E-state index is 9.94. The lowest BCUT2D eigenvalue weighted by atomic mass is 9.85. The Morgan fingerprint density at radius 1 is 1.40 bits per heavy atom. The molecule has 0 aliphatic carbocycles. The molecule has 15 heavy (non-hydrogen) atoms. The second-order valence-electron chi connectivity index (χ2n) is 4.37. The van der Waals surface area contributed by atoms with Gasteiger partial charge in [-0.3, -0.25) is 0 Å². The third kappa shape index (κ3) is 1.27. The Hall–Kier alpha value is -1.06. The third-order valence-electron chi connectivity index (χ3n) is 3.43. The van der Waals surface area contributed by atoms with Crippen molar-refractivity contribution in [1.82, 2.24) is 5.32 Å². The highest BCUT2D eigenvalue weighted by Gasteiger charge is 2.42. The van der Waals surface area contributed by atoms with E-state index in [2.05, 4.69) is 5.32 Å². The van der Waals surface area contributed by atoms with Crippen LogP contribution in [0.2, 0.25) is 0 Å². The molecule has 2 N–H and O–H groups in total. The van der Waals surface area contributed by atoms with Crippen LogP contribution in [0.1, 0.15) is 24.0 Å². The van der Waals surface area contributed by atoms with Gasteiger partial charge in [-0.15, -0.1) is 0 Å². The number of phenolic OH excluding ortho intramolecular Hbond substituents is 1. The van der Waals surface area contributed by atoms with Crippen molar-refractivity contribution >= 4 is 0 Å². The fraction of sp³-hybridized carbons (Fsp3) is 0.500. The number of hydrogen-bond donors (Lipinski definition) is 2. The second kappa shape index (κ2) is 3.22. The Kier molecular flexibility index (Phi) is 1.97. The van der Waals surface area contributed by atoms with Crippen molar-refractivity contribution in [2.75, 3.05) is 13.1 Å². The first kappa shape index (κ1) is 9.19. The number of rotatable bonds is 0. The minimum absolute atomic E-state index is 0.265. The van der Waals surface area contributed by atoms with Crippen LogP contribution in [0.25, 0.3) is 0 Å². The second-order valence-corrected chi connectivity index (χ2v) is 4.37. The fourth-order valence-electron chi connectivity index (χ4n) is 2.74. The predicted octanol–water partition coefficient (Wildman–Crippen LogP) is 1.50. The van der Waals surface area contributed by atoms with Gasteiger partial charge in [0.1, 0.15) is 11.4 Å². The van der Waals surface area contributed by atoms with E-state index in [1.165, 1.54) is 0 Å². The summed E-state index contributed by atoms with van der Waals surface area (Å²) < 4.78 is 5.91. The van der Waals surface area contributed by atoms with E-state index in [-0.39, 0.29) is 5.60 Å². The zero-order chi connectivity index (χ0) is 10.3. The molecule has 3 nitrogen and oxygen atoms in total. The quantitative estimate of drug-likeness (QED) is 0.674. The number of hydrogen-bond acceptors (Lipinski definition) is 3. The van der Waals surface area contributed by atoms with E-state index in [1.807, 2.05) is 12.1 Å². The van der Waals surface area contributed by atoms with Crippen molar-refractivity contribution in [3.8, 4) is 5.75 Å². The SMILES string of the molecule is Oc1cccc2c1C1(CCCNC1)OC2. The predicted molar refractivity (Wildman–Crippen MR) is 56.7 cm³/mol. The first-order chi connectivity index (χ1) is 7.32. The minimum atomic E-state index is -0.265. The molecule has 3 heteroatoms. The van der Waals surface area contributed by atoms with Crippen molar-refractivity contribution in [2.45, 2.75) is 25.0 Å². The minimum Gasteiger partial charge on any atom is -0.508 e. The molecule has 80 valence electrons. The van der Waals surface area contributed by atoms with Crippen LogP contribution < -0.4 is 5.32 Å². The van der Waals surface area contributed by atoms with Gasteiger partial charge in [-0.05, 0) is 31.0 Å². The molecule has 1 unspecified atom stereocenters. The van der Waals surface area contributed by atoms with Crippen LogP contribution in [0.4, 0.5) is 0 Å². The molecule has 1 spiro atoms. The molecule has 3 rings (SSSR count). The average molecular weight is 205 g/mol. The average Bonchev–Trinajstić information content (AvgIpc) is 2.60. The molecule has 1 fully saturated rings. The number of fused-ring (bicyclic) bond motifs is 2. The Morgan fingerprint density at radius 2 is 2.33 bits per heavy atom. The Bertz CT molecular complexity index is 378. The van der Waals surface area contributed by atoms with Gasteiger partial charge in [0.05, 0.1) is 6.61 Å². The monoisotopic (exact) mass is 205 g/mol. The van der Waals surface area contributed by atoms with E-state index in [0.717, 1.165) is 37.1 Å². The summed E-state index contributed by atoms with van der Waals surface area (Å²) in [7, 11) is 0. The van der Waals surface area contributed by atoms with E-state index < -0.39 is 0 Å². The molecule has 1 aromatic rings. The number of phenols is 1. The summed E-state index contributed by atoms with van der Waals surface area (Å²) in [5.41, 5.74) is 1.88. The molecule has 0 bridgehead atoms. The molecule has 2 aliphatic heterocycles. The molecule has 1 aromatic carbocycles. The molecule has 1 atom stereocenters. The fourth-order valence-corrected chi connectivity index (χ4v) is 2.74. The van der Waals surface area contributed by atoms with Gasteiger partial charge >= 0.3 is 0 Å². The maximum Gasteiger partial charge on any atom is 0.122 e. The molecule has 2 heterocycles. The van der Waals surface area contributed by atoms with Gasteiger partial charge in [0, 0.05) is 12.1 Å². The Labute approximate surface area is 89.1 Å². The smallest absolute Gasteiger partial charge is 0.122 e. The first-order valence-corrected chi connectivity index (χ1v) is 5.48. The van der Waals surface area contributed by atoms with Gasteiger partial charge in [0.15, 0.2) is 0 Å². The van der Waals surface area contributed by atoms with Gasteiger partial charge in [0.25, 0.3) is 0 Å². The van der Waals surface area contributed by atoms with E-state index in [9.17, 15) is 5.11 Å². The summed E-state index contributed by atoms with van der Waals surface area (Å²) in [6.07, 6.45) is 2.11.